The Morgan fingerprint density at radius 1 is 1.37 bits per heavy atom. The Labute approximate surface area is 114 Å². The molecule has 0 aliphatic carbocycles. The minimum Gasteiger partial charge on any atom is -0.395 e. The van der Waals surface area contributed by atoms with Crippen LogP contribution in [-0.2, 0) is 6.54 Å². The summed E-state index contributed by atoms with van der Waals surface area (Å²) >= 11 is 1.61. The first-order chi connectivity index (χ1) is 9.20. The number of nitrogens with zero attached hydrogens (tertiary/aromatic N) is 3. The van der Waals surface area contributed by atoms with E-state index in [1.165, 1.54) is 6.07 Å². The Morgan fingerprint density at radius 2 is 2.21 bits per heavy atom. The van der Waals surface area contributed by atoms with Gasteiger partial charge in [-0.1, -0.05) is 0 Å². The van der Waals surface area contributed by atoms with Gasteiger partial charge in [0.2, 0.25) is 0 Å². The third-order valence-corrected chi connectivity index (χ3v) is 3.28. The van der Waals surface area contributed by atoms with Crippen LogP contribution in [0, 0.1) is 0 Å². The number of carbonyl (C=O) groups excluding carboxylic acids is 1. The zero-order chi connectivity index (χ0) is 13.7. The van der Waals surface area contributed by atoms with Crippen molar-refractivity contribution in [2.75, 3.05) is 18.1 Å². The van der Waals surface area contributed by atoms with E-state index in [2.05, 4.69) is 10.2 Å². The molecular weight excluding hydrogens is 264 g/mol. The van der Waals surface area contributed by atoms with Gasteiger partial charge >= 0.3 is 0 Å². The van der Waals surface area contributed by atoms with Crippen LogP contribution < -0.4 is 10.6 Å². The lowest BCUT2D eigenvalue weighted by Crippen LogP contribution is -2.27. The Kier molecular flexibility index (Phi) is 4.43. The van der Waals surface area contributed by atoms with Gasteiger partial charge < -0.3 is 15.7 Å². The highest BCUT2D eigenvalue weighted by Gasteiger charge is 2.10. The van der Waals surface area contributed by atoms with Crippen LogP contribution in [0.4, 0.5) is 5.82 Å². The number of nitrogens with two attached hydrogens (primary N) is 1. The number of amides is 1. The Morgan fingerprint density at radius 3 is 2.74 bits per heavy atom. The van der Waals surface area contributed by atoms with Crippen LogP contribution in [-0.4, -0.2) is 34.4 Å². The highest BCUT2D eigenvalue weighted by atomic mass is 32.1. The summed E-state index contributed by atoms with van der Waals surface area (Å²) in [5, 5.41) is 20.9. The van der Waals surface area contributed by atoms with Gasteiger partial charge in [-0.25, -0.2) is 0 Å². The lowest BCUT2D eigenvalue weighted by Gasteiger charge is -2.21. The number of aromatic nitrogens is 2. The molecule has 0 spiro atoms. The average molecular weight is 278 g/mol. The van der Waals surface area contributed by atoms with Crippen molar-refractivity contribution in [1.29, 1.82) is 0 Å². The van der Waals surface area contributed by atoms with Gasteiger partial charge in [-0.15, -0.1) is 10.2 Å². The number of hydrogen-bond acceptors (Lipinski definition) is 6. The fourth-order valence-electron chi connectivity index (χ4n) is 1.62. The van der Waals surface area contributed by atoms with E-state index in [0.717, 1.165) is 5.56 Å². The molecule has 0 saturated carbocycles. The van der Waals surface area contributed by atoms with Crippen LogP contribution in [0.1, 0.15) is 16.1 Å². The van der Waals surface area contributed by atoms with Gasteiger partial charge in [0, 0.05) is 13.1 Å². The molecule has 1 amide bonds. The van der Waals surface area contributed by atoms with E-state index < -0.39 is 5.91 Å². The first-order valence-corrected chi connectivity index (χ1v) is 6.65. The molecule has 3 N–H and O–H groups in total. The molecule has 0 aromatic carbocycles. The van der Waals surface area contributed by atoms with Crippen LogP contribution in [0.5, 0.6) is 0 Å². The SMILES string of the molecule is NC(=O)c1ccc(N(CCO)Cc2ccsc2)nn1. The van der Waals surface area contributed by atoms with Crippen LogP contribution in [0.2, 0.25) is 0 Å². The van der Waals surface area contributed by atoms with Crippen molar-refractivity contribution < 1.29 is 9.90 Å². The molecule has 0 aliphatic rings. The summed E-state index contributed by atoms with van der Waals surface area (Å²) in [5.41, 5.74) is 6.38. The zero-order valence-corrected chi connectivity index (χ0v) is 11.0. The summed E-state index contributed by atoms with van der Waals surface area (Å²) in [4.78, 5) is 12.8. The first kappa shape index (κ1) is 13.4. The molecule has 0 fully saturated rings. The molecule has 0 saturated heterocycles. The summed E-state index contributed by atoms with van der Waals surface area (Å²) in [5.74, 6) is -0.00385. The molecule has 2 rings (SSSR count). The fourth-order valence-corrected chi connectivity index (χ4v) is 2.28. The lowest BCUT2D eigenvalue weighted by atomic mass is 10.3. The van der Waals surface area contributed by atoms with Crippen molar-refractivity contribution >= 4 is 23.1 Å². The molecule has 2 aromatic rings. The normalized spacial score (nSPS) is 10.4. The first-order valence-electron chi connectivity index (χ1n) is 5.71. The molecule has 19 heavy (non-hydrogen) atoms. The molecule has 0 radical (unpaired) electrons. The van der Waals surface area contributed by atoms with Crippen LogP contribution in [0.3, 0.4) is 0 Å². The van der Waals surface area contributed by atoms with Crippen molar-refractivity contribution in [2.24, 2.45) is 5.73 Å². The van der Waals surface area contributed by atoms with Gasteiger partial charge in [-0.2, -0.15) is 11.3 Å². The molecule has 0 bridgehead atoms. The molecule has 0 aliphatic heterocycles. The lowest BCUT2D eigenvalue weighted by molar-refractivity contribution is 0.0994. The van der Waals surface area contributed by atoms with Crippen molar-refractivity contribution in [3.8, 4) is 0 Å². The quantitative estimate of drug-likeness (QED) is 0.808. The maximum Gasteiger partial charge on any atom is 0.269 e. The molecule has 0 unspecified atom stereocenters. The third-order valence-electron chi connectivity index (χ3n) is 2.55. The highest BCUT2D eigenvalue weighted by molar-refractivity contribution is 7.07. The van der Waals surface area contributed by atoms with E-state index in [-0.39, 0.29) is 12.3 Å². The van der Waals surface area contributed by atoms with Crippen LogP contribution in [0.15, 0.2) is 29.0 Å². The fraction of sp³-hybridized carbons (Fsp3) is 0.250. The summed E-state index contributed by atoms with van der Waals surface area (Å²) in [6.07, 6.45) is 0. The van der Waals surface area contributed by atoms with E-state index in [9.17, 15) is 4.79 Å². The van der Waals surface area contributed by atoms with E-state index in [0.29, 0.717) is 18.9 Å². The minimum absolute atomic E-state index is 0.0173. The predicted molar refractivity (Wildman–Crippen MR) is 73.0 cm³/mol. The second-order valence-corrected chi connectivity index (χ2v) is 4.70. The smallest absolute Gasteiger partial charge is 0.269 e. The molecule has 2 aromatic heterocycles. The van der Waals surface area contributed by atoms with Crippen LogP contribution in [0.25, 0.3) is 0 Å². The summed E-state index contributed by atoms with van der Waals surface area (Å²) in [6.45, 7) is 1.10. The number of hydrogen-bond donors (Lipinski definition) is 2. The molecule has 6 nitrogen and oxygen atoms in total. The monoisotopic (exact) mass is 278 g/mol. The van der Waals surface area contributed by atoms with Crippen molar-refractivity contribution in [3.63, 3.8) is 0 Å². The van der Waals surface area contributed by atoms with E-state index in [4.69, 9.17) is 10.8 Å². The molecule has 2 heterocycles. The highest BCUT2D eigenvalue weighted by Crippen LogP contribution is 2.15. The molecule has 7 heteroatoms. The second-order valence-electron chi connectivity index (χ2n) is 3.92. The number of aliphatic hydroxyl groups excluding tert-OH is 1. The number of thiophene rings is 1. The van der Waals surface area contributed by atoms with Gasteiger partial charge in [0.1, 0.15) is 0 Å². The minimum atomic E-state index is -0.606. The van der Waals surface area contributed by atoms with Gasteiger partial charge in [0.05, 0.1) is 6.61 Å². The van der Waals surface area contributed by atoms with Crippen molar-refractivity contribution in [2.45, 2.75) is 6.54 Å². The van der Waals surface area contributed by atoms with Gasteiger partial charge in [-0.3, -0.25) is 4.79 Å². The molecule has 0 atom stereocenters. The van der Waals surface area contributed by atoms with Gasteiger partial charge in [-0.05, 0) is 34.5 Å². The van der Waals surface area contributed by atoms with E-state index in [1.807, 2.05) is 21.7 Å². The third kappa shape index (κ3) is 3.49. The van der Waals surface area contributed by atoms with Crippen molar-refractivity contribution in [3.05, 3.63) is 40.2 Å². The maximum atomic E-state index is 10.9. The Hall–Kier alpha value is -1.99. The maximum absolute atomic E-state index is 10.9. The summed E-state index contributed by atoms with van der Waals surface area (Å²) in [6, 6.07) is 5.22. The Bertz CT molecular complexity index is 527. The van der Waals surface area contributed by atoms with Gasteiger partial charge in [0.25, 0.3) is 5.91 Å². The van der Waals surface area contributed by atoms with Crippen LogP contribution >= 0.6 is 11.3 Å². The standard InChI is InChI=1S/C12H14N4O2S/c13-12(18)10-1-2-11(15-14-10)16(4-5-17)7-9-3-6-19-8-9/h1-3,6,8,17H,4-5,7H2,(H2,13,18). The topological polar surface area (TPSA) is 92.3 Å². The van der Waals surface area contributed by atoms with Crippen molar-refractivity contribution in [1.82, 2.24) is 10.2 Å². The molecular formula is C12H14N4O2S. The van der Waals surface area contributed by atoms with Gasteiger partial charge in [0.15, 0.2) is 11.5 Å². The zero-order valence-electron chi connectivity index (χ0n) is 10.2. The number of rotatable bonds is 6. The predicted octanol–water partition coefficient (Wildman–Crippen LogP) is 0.636. The van der Waals surface area contributed by atoms with E-state index >= 15 is 0 Å². The second kappa shape index (κ2) is 6.26. The number of primary amides is 1. The largest absolute Gasteiger partial charge is 0.395 e. The molecule has 100 valence electrons. The number of carbonyl (C=O) groups is 1. The average Bonchev–Trinajstić information content (AvgIpc) is 2.91. The summed E-state index contributed by atoms with van der Waals surface area (Å²) < 4.78 is 0. The number of aliphatic hydroxyl groups is 1. The summed E-state index contributed by atoms with van der Waals surface area (Å²) in [7, 11) is 0. The number of anilines is 1. The Balaban J connectivity index is 2.16. The van der Waals surface area contributed by atoms with E-state index in [1.54, 1.807) is 17.4 Å².